The number of carbonyl (C=O) groups excluding carboxylic acids is 1. The molecule has 6 nitrogen and oxygen atoms in total. The zero-order chi connectivity index (χ0) is 16.6. The van der Waals surface area contributed by atoms with E-state index in [0.717, 1.165) is 57.0 Å². The fraction of sp³-hybridized carbons (Fsp3) is 0.444. The normalized spacial score (nSPS) is 15.2. The molecule has 1 amide bonds. The molecule has 1 fully saturated rings. The maximum atomic E-state index is 12.4. The summed E-state index contributed by atoms with van der Waals surface area (Å²) in [6.07, 6.45) is 6.72. The zero-order valence-corrected chi connectivity index (χ0v) is 13.8. The smallest absolute Gasteiger partial charge is 0.222 e. The molecular weight excluding hydrogens is 302 g/mol. The Morgan fingerprint density at radius 1 is 1.04 bits per heavy atom. The summed E-state index contributed by atoms with van der Waals surface area (Å²) in [6, 6.07) is 9.77. The molecule has 0 aliphatic carbocycles. The van der Waals surface area contributed by atoms with Gasteiger partial charge in [0.25, 0.3) is 0 Å². The highest BCUT2D eigenvalue weighted by Crippen LogP contribution is 2.13. The lowest BCUT2D eigenvalue weighted by atomic mass is 10.1. The van der Waals surface area contributed by atoms with Gasteiger partial charge in [-0.3, -0.25) is 9.78 Å². The molecule has 0 spiro atoms. The molecule has 0 radical (unpaired) electrons. The lowest BCUT2D eigenvalue weighted by molar-refractivity contribution is -0.131. The molecule has 0 atom stereocenters. The molecule has 6 heteroatoms. The molecule has 0 unspecified atom stereocenters. The van der Waals surface area contributed by atoms with E-state index in [4.69, 9.17) is 0 Å². The summed E-state index contributed by atoms with van der Waals surface area (Å²) < 4.78 is 0. The van der Waals surface area contributed by atoms with Crippen molar-refractivity contribution in [1.82, 2.24) is 20.1 Å². The second-order valence-corrected chi connectivity index (χ2v) is 5.98. The van der Waals surface area contributed by atoms with Crippen molar-refractivity contribution >= 4 is 11.7 Å². The van der Waals surface area contributed by atoms with Crippen LogP contribution in [-0.4, -0.2) is 52.2 Å². The highest BCUT2D eigenvalue weighted by molar-refractivity contribution is 5.76. The first-order valence-electron chi connectivity index (χ1n) is 8.53. The number of carbonyl (C=O) groups is 1. The van der Waals surface area contributed by atoms with Crippen molar-refractivity contribution in [3.05, 3.63) is 48.4 Å². The van der Waals surface area contributed by atoms with Gasteiger partial charge in [0.1, 0.15) is 0 Å². The maximum Gasteiger partial charge on any atom is 0.222 e. The predicted octanol–water partition coefficient (Wildman–Crippen LogP) is 1.93. The van der Waals surface area contributed by atoms with Gasteiger partial charge in [-0.1, -0.05) is 6.07 Å². The number of nitrogens with zero attached hydrogens (tertiary/aromatic N) is 5. The molecule has 0 aromatic carbocycles. The van der Waals surface area contributed by atoms with E-state index in [2.05, 4.69) is 20.1 Å². The van der Waals surface area contributed by atoms with Crippen LogP contribution in [-0.2, 0) is 11.2 Å². The van der Waals surface area contributed by atoms with Gasteiger partial charge in [0.15, 0.2) is 5.82 Å². The monoisotopic (exact) mass is 325 g/mol. The largest absolute Gasteiger partial charge is 0.353 e. The fourth-order valence-corrected chi connectivity index (χ4v) is 2.98. The molecule has 1 aliphatic heterocycles. The van der Waals surface area contributed by atoms with Crippen LogP contribution in [0.1, 0.15) is 25.0 Å². The Hall–Kier alpha value is -2.50. The van der Waals surface area contributed by atoms with E-state index in [9.17, 15) is 4.79 Å². The summed E-state index contributed by atoms with van der Waals surface area (Å²) in [5, 5.41) is 8.10. The molecule has 0 N–H and O–H groups in total. The highest BCUT2D eigenvalue weighted by Gasteiger charge is 2.19. The van der Waals surface area contributed by atoms with Gasteiger partial charge in [-0.05, 0) is 43.5 Å². The summed E-state index contributed by atoms with van der Waals surface area (Å²) in [7, 11) is 0. The Morgan fingerprint density at radius 2 is 2.00 bits per heavy atom. The lowest BCUT2D eigenvalue weighted by Crippen LogP contribution is -2.35. The van der Waals surface area contributed by atoms with E-state index in [-0.39, 0.29) is 5.91 Å². The van der Waals surface area contributed by atoms with Crippen LogP contribution < -0.4 is 4.90 Å². The number of amides is 1. The average molecular weight is 325 g/mol. The molecule has 1 aliphatic rings. The first-order valence-corrected chi connectivity index (χ1v) is 8.53. The molecule has 3 rings (SSSR count). The van der Waals surface area contributed by atoms with Gasteiger partial charge in [-0.25, -0.2) is 0 Å². The SMILES string of the molecule is O=C(CCCc1ccccn1)N1CCCN(c2cccnn2)CC1. The molecule has 0 saturated carbocycles. The Balaban J connectivity index is 1.46. The van der Waals surface area contributed by atoms with Crippen LogP contribution in [0.4, 0.5) is 5.82 Å². The summed E-state index contributed by atoms with van der Waals surface area (Å²) in [4.78, 5) is 20.9. The second kappa shape index (κ2) is 8.38. The summed E-state index contributed by atoms with van der Waals surface area (Å²) in [5.74, 6) is 1.13. The maximum absolute atomic E-state index is 12.4. The average Bonchev–Trinajstić information content (AvgIpc) is 2.89. The number of pyridine rings is 1. The molecule has 2 aromatic rings. The van der Waals surface area contributed by atoms with E-state index in [1.165, 1.54) is 0 Å². The Bertz CT molecular complexity index is 634. The van der Waals surface area contributed by atoms with Crippen molar-refractivity contribution in [2.45, 2.75) is 25.7 Å². The molecule has 3 heterocycles. The molecule has 1 saturated heterocycles. The Kier molecular flexibility index (Phi) is 5.71. The predicted molar refractivity (Wildman–Crippen MR) is 92.6 cm³/mol. The third-order valence-corrected chi connectivity index (χ3v) is 4.28. The van der Waals surface area contributed by atoms with Gasteiger partial charge in [0.2, 0.25) is 5.91 Å². The van der Waals surface area contributed by atoms with Crippen molar-refractivity contribution in [3.8, 4) is 0 Å². The third-order valence-electron chi connectivity index (χ3n) is 4.28. The van der Waals surface area contributed by atoms with Gasteiger partial charge < -0.3 is 9.80 Å². The number of hydrogen-bond donors (Lipinski definition) is 0. The second-order valence-electron chi connectivity index (χ2n) is 5.98. The summed E-state index contributed by atoms with van der Waals surface area (Å²) >= 11 is 0. The van der Waals surface area contributed by atoms with Gasteiger partial charge in [0.05, 0.1) is 0 Å². The van der Waals surface area contributed by atoms with E-state index < -0.39 is 0 Å². The Morgan fingerprint density at radius 3 is 2.79 bits per heavy atom. The van der Waals surface area contributed by atoms with Gasteiger partial charge >= 0.3 is 0 Å². The number of rotatable bonds is 5. The number of aromatic nitrogens is 3. The topological polar surface area (TPSA) is 62.2 Å². The summed E-state index contributed by atoms with van der Waals surface area (Å²) in [5.41, 5.74) is 1.05. The van der Waals surface area contributed by atoms with E-state index in [0.29, 0.717) is 6.42 Å². The first kappa shape index (κ1) is 16.4. The van der Waals surface area contributed by atoms with E-state index in [1.54, 1.807) is 12.4 Å². The van der Waals surface area contributed by atoms with Crippen LogP contribution in [0.3, 0.4) is 0 Å². The summed E-state index contributed by atoms with van der Waals surface area (Å²) in [6.45, 7) is 3.29. The van der Waals surface area contributed by atoms with Crippen LogP contribution in [0, 0.1) is 0 Å². The van der Waals surface area contributed by atoms with Crippen molar-refractivity contribution in [1.29, 1.82) is 0 Å². The number of hydrogen-bond acceptors (Lipinski definition) is 5. The minimum atomic E-state index is 0.243. The minimum Gasteiger partial charge on any atom is -0.353 e. The van der Waals surface area contributed by atoms with Crippen LogP contribution in [0.15, 0.2) is 42.7 Å². The van der Waals surface area contributed by atoms with Crippen molar-refractivity contribution < 1.29 is 4.79 Å². The molecule has 24 heavy (non-hydrogen) atoms. The quantitative estimate of drug-likeness (QED) is 0.840. The molecular formula is C18H23N5O. The van der Waals surface area contributed by atoms with Crippen molar-refractivity contribution in [2.75, 3.05) is 31.1 Å². The zero-order valence-electron chi connectivity index (χ0n) is 13.8. The third kappa shape index (κ3) is 4.50. The molecule has 2 aromatic heterocycles. The lowest BCUT2D eigenvalue weighted by Gasteiger charge is -2.22. The molecule has 0 bridgehead atoms. The highest BCUT2D eigenvalue weighted by atomic mass is 16.2. The number of aryl methyl sites for hydroxylation is 1. The van der Waals surface area contributed by atoms with Crippen molar-refractivity contribution in [2.24, 2.45) is 0 Å². The Labute approximate surface area is 142 Å². The van der Waals surface area contributed by atoms with Crippen molar-refractivity contribution in [3.63, 3.8) is 0 Å². The van der Waals surface area contributed by atoms with Gasteiger partial charge in [0, 0.05) is 50.7 Å². The molecule has 126 valence electrons. The van der Waals surface area contributed by atoms with Crippen LogP contribution in [0.25, 0.3) is 0 Å². The first-order chi connectivity index (χ1) is 11.8. The van der Waals surface area contributed by atoms with E-state index >= 15 is 0 Å². The minimum absolute atomic E-state index is 0.243. The van der Waals surface area contributed by atoms with Gasteiger partial charge in [-0.15, -0.1) is 5.10 Å². The van der Waals surface area contributed by atoms with Crippen LogP contribution >= 0.6 is 0 Å². The van der Waals surface area contributed by atoms with E-state index in [1.807, 2.05) is 35.2 Å². The van der Waals surface area contributed by atoms with Crippen LogP contribution in [0.2, 0.25) is 0 Å². The van der Waals surface area contributed by atoms with Crippen LogP contribution in [0.5, 0.6) is 0 Å². The van der Waals surface area contributed by atoms with Gasteiger partial charge in [-0.2, -0.15) is 5.10 Å². The number of anilines is 1. The standard InChI is InChI=1S/C18H23N5O/c24-18(9-3-7-16-6-1-2-10-19-16)23-13-5-12-22(14-15-23)17-8-4-11-20-21-17/h1-2,4,6,8,10-11H,3,5,7,9,12-15H2. The fourth-order valence-electron chi connectivity index (χ4n) is 2.98.